The van der Waals surface area contributed by atoms with Crippen molar-refractivity contribution in [3.63, 3.8) is 0 Å². The minimum absolute atomic E-state index is 0.000758. The third kappa shape index (κ3) is 4.38. The zero-order chi connectivity index (χ0) is 27.4. The number of halogens is 3. The van der Waals surface area contributed by atoms with Crippen LogP contribution < -0.4 is 26.8 Å². The lowest BCUT2D eigenvalue weighted by atomic mass is 10.1. The van der Waals surface area contributed by atoms with Gasteiger partial charge in [0, 0.05) is 26.2 Å². The first-order valence-corrected chi connectivity index (χ1v) is 11.3. The van der Waals surface area contributed by atoms with Crippen LogP contribution in [0.1, 0.15) is 29.5 Å². The molecule has 4 aromatic heterocycles. The number of nitrogens with two attached hydrogens (primary N) is 2. The summed E-state index contributed by atoms with van der Waals surface area (Å²) in [6.07, 6.45) is 0.676. The molecule has 14 heteroatoms. The highest BCUT2D eigenvalue weighted by molar-refractivity contribution is 6.02. The minimum Gasteiger partial charge on any atom is -0.453 e. The summed E-state index contributed by atoms with van der Waals surface area (Å²) >= 11 is 0. The predicted molar refractivity (Wildman–Crippen MR) is 131 cm³/mol. The number of aromatic nitrogens is 5. The standard InChI is InChI=1S/C24H20F3N9O2/c1-35-10-12(24(25,26)27)5-16(22(35)37)33-23-34-21-19(36(23)2)15(7-28)17(9-32-21)38-13-6-14(20(30)31-8-13)18(29)11-3-4-11/h5-6,8-11,29H,3-4H2,1-2H3,(H2,30,31)(H,32,33,34)/p+1. The number of hydrogen-bond donors (Lipinski definition) is 3. The zero-order valence-electron chi connectivity index (χ0n) is 20.2. The molecule has 5 rings (SSSR count). The van der Waals surface area contributed by atoms with Crippen LogP contribution in [0.25, 0.3) is 11.2 Å². The van der Waals surface area contributed by atoms with Gasteiger partial charge in [-0.15, -0.1) is 0 Å². The largest absolute Gasteiger partial charge is 0.453 e. The zero-order valence-corrected chi connectivity index (χ0v) is 20.2. The van der Waals surface area contributed by atoms with Gasteiger partial charge in [0.1, 0.15) is 34.4 Å². The summed E-state index contributed by atoms with van der Waals surface area (Å²) in [5.74, 6) is 0.881. The molecule has 1 fully saturated rings. The Balaban J connectivity index is 1.52. The molecule has 0 spiro atoms. The van der Waals surface area contributed by atoms with Gasteiger partial charge in [-0.25, -0.2) is 9.97 Å². The monoisotopic (exact) mass is 524 g/mol. The Hall–Kier alpha value is -4.93. The van der Waals surface area contributed by atoms with E-state index in [-0.39, 0.29) is 51.6 Å². The van der Waals surface area contributed by atoms with Crippen LogP contribution in [0.4, 0.5) is 30.6 Å². The lowest BCUT2D eigenvalue weighted by Crippen LogP contribution is -2.42. The van der Waals surface area contributed by atoms with Crippen LogP contribution in [-0.4, -0.2) is 29.8 Å². The average Bonchev–Trinajstić information content (AvgIpc) is 3.67. The van der Waals surface area contributed by atoms with Gasteiger partial charge in [0.05, 0.1) is 23.5 Å². The molecular weight excluding hydrogens is 503 g/mol. The first-order chi connectivity index (χ1) is 18.0. The molecule has 0 aromatic carbocycles. The van der Waals surface area contributed by atoms with Crippen molar-refractivity contribution >= 4 is 34.3 Å². The van der Waals surface area contributed by atoms with E-state index in [9.17, 15) is 23.2 Å². The summed E-state index contributed by atoms with van der Waals surface area (Å²) in [7, 11) is 2.74. The smallest absolute Gasteiger partial charge is 0.417 e. The molecular formula is C24H21F3N9O2+. The predicted octanol–water partition coefficient (Wildman–Crippen LogP) is 2.03. The Morgan fingerprint density at radius 1 is 1.26 bits per heavy atom. The van der Waals surface area contributed by atoms with E-state index in [4.69, 9.17) is 15.9 Å². The lowest BCUT2D eigenvalue weighted by molar-refractivity contribution is -0.138. The second-order valence-electron chi connectivity index (χ2n) is 8.89. The number of nitrogen functional groups attached to an aromatic ring is 1. The van der Waals surface area contributed by atoms with Crippen LogP contribution >= 0.6 is 0 Å². The average molecular weight is 524 g/mol. The molecule has 1 saturated carbocycles. The van der Waals surface area contributed by atoms with Crippen LogP contribution in [0.3, 0.4) is 0 Å². The number of nitriles is 1. The van der Waals surface area contributed by atoms with E-state index < -0.39 is 17.3 Å². The number of hydrogen-bond acceptors (Lipinski definition) is 8. The first kappa shape index (κ1) is 24.8. The topological polar surface area (TPSA) is 162 Å². The fraction of sp³-hybridized carbons (Fsp3) is 0.250. The van der Waals surface area contributed by atoms with E-state index >= 15 is 0 Å². The number of pyridine rings is 3. The molecule has 0 radical (unpaired) electrons. The van der Waals surface area contributed by atoms with E-state index in [0.717, 1.165) is 17.4 Å². The molecule has 5 N–H and O–H groups in total. The summed E-state index contributed by atoms with van der Waals surface area (Å²) in [4.78, 5) is 25.1. The van der Waals surface area contributed by atoms with Gasteiger partial charge in [0.2, 0.25) is 5.95 Å². The van der Waals surface area contributed by atoms with E-state index in [1.807, 2.05) is 0 Å². The number of nitrogens with one attached hydrogen (secondary N) is 1. The molecule has 4 aromatic rings. The number of alkyl halides is 3. The number of nitrogens with zero attached hydrogens (tertiary/aromatic N) is 6. The molecule has 0 aliphatic heterocycles. The van der Waals surface area contributed by atoms with Gasteiger partial charge < -0.3 is 24.9 Å². The molecule has 1 aliphatic rings. The maximum Gasteiger partial charge on any atom is 0.417 e. The van der Waals surface area contributed by atoms with Crippen LogP contribution in [0.5, 0.6) is 11.5 Å². The third-order valence-corrected chi connectivity index (χ3v) is 6.18. The molecule has 0 amide bonds. The second-order valence-corrected chi connectivity index (χ2v) is 8.89. The summed E-state index contributed by atoms with van der Waals surface area (Å²) in [5.41, 5.74) is 5.53. The maximum atomic E-state index is 13.3. The minimum atomic E-state index is -4.66. The summed E-state index contributed by atoms with van der Waals surface area (Å²) in [6, 6.07) is 4.40. The number of aryl methyl sites for hydroxylation is 2. The van der Waals surface area contributed by atoms with Crippen molar-refractivity contribution in [2.75, 3.05) is 11.1 Å². The molecule has 0 atom stereocenters. The molecule has 1 aliphatic carbocycles. The van der Waals surface area contributed by atoms with Crippen molar-refractivity contribution in [3.05, 3.63) is 57.8 Å². The molecule has 0 bridgehead atoms. The van der Waals surface area contributed by atoms with Gasteiger partial charge in [-0.3, -0.25) is 10.2 Å². The van der Waals surface area contributed by atoms with Gasteiger partial charge in [0.15, 0.2) is 17.1 Å². The summed E-state index contributed by atoms with van der Waals surface area (Å²) in [6.45, 7) is 0. The molecule has 11 nitrogen and oxygen atoms in total. The molecule has 38 heavy (non-hydrogen) atoms. The van der Waals surface area contributed by atoms with Crippen molar-refractivity contribution in [2.45, 2.75) is 19.0 Å². The Labute approximate surface area is 212 Å². The number of fused-ring (bicyclic) bond motifs is 1. The molecule has 194 valence electrons. The number of rotatable bonds is 6. The quantitative estimate of drug-likeness (QED) is 0.323. The fourth-order valence-electron chi connectivity index (χ4n) is 4.01. The SMILES string of the molecule is Cn1cc(C(F)(F)F)cc(Nc2nc3ncc(Oc4cnc(N)c(C(=[NH2+])C5CC5)c4)c(C#N)c3n2C)c1=O. The van der Waals surface area contributed by atoms with E-state index in [0.29, 0.717) is 23.5 Å². The van der Waals surface area contributed by atoms with E-state index in [2.05, 4.69) is 26.3 Å². The lowest BCUT2D eigenvalue weighted by Gasteiger charge is -2.12. The number of ether oxygens (including phenoxy) is 1. The highest BCUT2D eigenvalue weighted by Crippen LogP contribution is 2.35. The van der Waals surface area contributed by atoms with Gasteiger partial charge in [-0.2, -0.15) is 23.4 Å². The summed E-state index contributed by atoms with van der Waals surface area (Å²) in [5, 5.41) is 18.8. The Morgan fingerprint density at radius 3 is 2.66 bits per heavy atom. The van der Waals surface area contributed by atoms with Crippen LogP contribution in [0, 0.1) is 17.2 Å². The Bertz CT molecular complexity index is 1710. The van der Waals surface area contributed by atoms with Crippen molar-refractivity contribution in [2.24, 2.45) is 20.0 Å². The molecule has 0 saturated heterocycles. The summed E-state index contributed by atoms with van der Waals surface area (Å²) < 4.78 is 48.0. The van der Waals surface area contributed by atoms with Crippen LogP contribution in [-0.2, 0) is 20.3 Å². The van der Waals surface area contributed by atoms with Crippen LogP contribution in [0.15, 0.2) is 35.5 Å². The maximum absolute atomic E-state index is 13.3. The molecule has 4 heterocycles. The van der Waals surface area contributed by atoms with Crippen molar-refractivity contribution in [1.82, 2.24) is 24.1 Å². The van der Waals surface area contributed by atoms with Gasteiger partial charge in [-0.05, 0) is 25.0 Å². The van der Waals surface area contributed by atoms with Gasteiger partial charge >= 0.3 is 6.18 Å². The van der Waals surface area contributed by atoms with Gasteiger partial charge in [0.25, 0.3) is 5.56 Å². The van der Waals surface area contributed by atoms with Gasteiger partial charge in [-0.1, -0.05) is 0 Å². The van der Waals surface area contributed by atoms with E-state index in [1.165, 1.54) is 31.1 Å². The third-order valence-electron chi connectivity index (χ3n) is 6.18. The number of anilines is 3. The van der Waals surface area contributed by atoms with Crippen molar-refractivity contribution in [3.8, 4) is 17.6 Å². The fourth-order valence-corrected chi connectivity index (χ4v) is 4.01. The number of imidazole rings is 1. The first-order valence-electron chi connectivity index (χ1n) is 11.3. The highest BCUT2D eigenvalue weighted by Gasteiger charge is 2.34. The van der Waals surface area contributed by atoms with Crippen LogP contribution in [0.2, 0.25) is 0 Å². The van der Waals surface area contributed by atoms with E-state index in [1.54, 1.807) is 6.07 Å². The molecule has 0 unspecified atom stereocenters. The normalized spacial score (nSPS) is 13.4. The highest BCUT2D eigenvalue weighted by atomic mass is 19.4. The van der Waals surface area contributed by atoms with Crippen molar-refractivity contribution < 1.29 is 23.3 Å². The Morgan fingerprint density at radius 2 is 2.00 bits per heavy atom. The second kappa shape index (κ2) is 8.87. The van der Waals surface area contributed by atoms with Crippen molar-refractivity contribution in [1.29, 1.82) is 5.26 Å². The Kier molecular flexibility index (Phi) is 5.78.